The Hall–Kier alpha value is -1.52. The van der Waals surface area contributed by atoms with Crippen LogP contribution in [0.4, 0.5) is 5.69 Å². The molecule has 0 spiro atoms. The second-order valence-electron chi connectivity index (χ2n) is 4.68. The van der Waals surface area contributed by atoms with Gasteiger partial charge in [0.2, 0.25) is 0 Å². The molecule has 1 aromatic heterocycles. The van der Waals surface area contributed by atoms with E-state index in [1.54, 1.807) is 11.3 Å². The molecule has 1 aromatic carbocycles. The van der Waals surface area contributed by atoms with Crippen LogP contribution in [0.1, 0.15) is 27.9 Å². The molecule has 1 aliphatic rings. The van der Waals surface area contributed by atoms with Crippen molar-refractivity contribution in [2.45, 2.75) is 19.4 Å². The van der Waals surface area contributed by atoms with E-state index in [0.717, 1.165) is 41.8 Å². The fourth-order valence-corrected chi connectivity index (χ4v) is 3.06. The number of anilines is 1. The lowest BCUT2D eigenvalue weighted by Gasteiger charge is -2.20. The average molecular weight is 309 g/mol. The molecule has 0 aliphatic carbocycles. The first-order chi connectivity index (χ1) is 9.34. The molecule has 3 rings (SSSR count). The van der Waals surface area contributed by atoms with E-state index < -0.39 is 0 Å². The van der Waals surface area contributed by atoms with Gasteiger partial charge in [-0.05, 0) is 52.9 Å². The first kappa shape index (κ1) is 14.9. The van der Waals surface area contributed by atoms with E-state index in [4.69, 9.17) is 0 Å². The van der Waals surface area contributed by atoms with Crippen LogP contribution in [0.5, 0.6) is 0 Å². The Morgan fingerprint density at radius 3 is 3.05 bits per heavy atom. The quantitative estimate of drug-likeness (QED) is 0.911. The van der Waals surface area contributed by atoms with E-state index in [-0.39, 0.29) is 18.3 Å². The van der Waals surface area contributed by atoms with Crippen LogP contribution in [0.15, 0.2) is 35.0 Å². The third-order valence-corrected chi connectivity index (χ3v) is 4.10. The van der Waals surface area contributed by atoms with E-state index in [1.807, 2.05) is 29.6 Å². The molecule has 0 saturated carbocycles. The molecule has 0 bridgehead atoms. The summed E-state index contributed by atoms with van der Waals surface area (Å²) in [7, 11) is 0. The van der Waals surface area contributed by atoms with Gasteiger partial charge in [-0.1, -0.05) is 6.07 Å². The van der Waals surface area contributed by atoms with Crippen LogP contribution in [0.3, 0.4) is 0 Å². The van der Waals surface area contributed by atoms with Crippen molar-refractivity contribution < 1.29 is 4.79 Å². The highest BCUT2D eigenvalue weighted by Crippen LogP contribution is 2.25. The summed E-state index contributed by atoms with van der Waals surface area (Å²) in [5, 5.41) is 10.4. The molecule has 20 heavy (non-hydrogen) atoms. The Kier molecular flexibility index (Phi) is 5.04. The van der Waals surface area contributed by atoms with Gasteiger partial charge in [-0.25, -0.2) is 0 Å². The van der Waals surface area contributed by atoms with Crippen LogP contribution < -0.4 is 10.6 Å². The van der Waals surface area contributed by atoms with Crippen molar-refractivity contribution in [1.82, 2.24) is 5.32 Å². The molecular formula is C15H17ClN2OS. The Morgan fingerprint density at radius 2 is 2.25 bits per heavy atom. The maximum absolute atomic E-state index is 12.3. The minimum absolute atomic E-state index is 0. The minimum Gasteiger partial charge on any atom is -0.385 e. The van der Waals surface area contributed by atoms with E-state index in [2.05, 4.69) is 16.0 Å². The van der Waals surface area contributed by atoms with Crippen LogP contribution in [0.25, 0.3) is 0 Å². The first-order valence-electron chi connectivity index (χ1n) is 6.49. The van der Waals surface area contributed by atoms with Gasteiger partial charge in [-0.3, -0.25) is 4.79 Å². The van der Waals surface area contributed by atoms with Crippen molar-refractivity contribution in [3.05, 3.63) is 51.7 Å². The van der Waals surface area contributed by atoms with Crippen LogP contribution in [-0.4, -0.2) is 12.5 Å². The summed E-state index contributed by atoms with van der Waals surface area (Å²) < 4.78 is 0. The molecule has 0 saturated heterocycles. The average Bonchev–Trinajstić information content (AvgIpc) is 2.97. The van der Waals surface area contributed by atoms with E-state index in [0.29, 0.717) is 6.54 Å². The summed E-state index contributed by atoms with van der Waals surface area (Å²) in [6.07, 6.45) is 2.06. The van der Waals surface area contributed by atoms with E-state index >= 15 is 0 Å². The standard InChI is InChI=1S/C15H16N2OS.ClH/c18-15(17-9-11-6-8-19-10-11)13-3-1-5-14-12(13)4-2-7-16-14;/h1,3,5-6,8,10,16H,2,4,7,9H2,(H,17,18);1H. The molecule has 0 atom stereocenters. The number of halogens is 1. The highest BCUT2D eigenvalue weighted by molar-refractivity contribution is 7.07. The number of fused-ring (bicyclic) bond motifs is 1. The zero-order chi connectivity index (χ0) is 13.1. The number of amides is 1. The fraction of sp³-hybridized carbons (Fsp3) is 0.267. The Balaban J connectivity index is 0.00000147. The number of nitrogens with one attached hydrogen (secondary N) is 2. The molecule has 0 unspecified atom stereocenters. The number of thiophene rings is 1. The maximum Gasteiger partial charge on any atom is 0.251 e. The topological polar surface area (TPSA) is 41.1 Å². The zero-order valence-corrected chi connectivity index (χ0v) is 12.7. The number of rotatable bonds is 3. The van der Waals surface area contributed by atoms with Crippen LogP contribution in [-0.2, 0) is 13.0 Å². The molecular weight excluding hydrogens is 292 g/mol. The van der Waals surface area contributed by atoms with Gasteiger partial charge in [0.15, 0.2) is 0 Å². The molecule has 106 valence electrons. The van der Waals surface area contributed by atoms with Crippen molar-refractivity contribution >= 4 is 35.3 Å². The van der Waals surface area contributed by atoms with E-state index in [9.17, 15) is 4.79 Å². The molecule has 1 amide bonds. The minimum atomic E-state index is 0. The van der Waals surface area contributed by atoms with Crippen LogP contribution in [0, 0.1) is 0 Å². The SMILES string of the molecule is Cl.O=C(NCc1ccsc1)c1cccc2c1CCCN2. The summed E-state index contributed by atoms with van der Waals surface area (Å²) in [6, 6.07) is 7.93. The molecule has 2 heterocycles. The summed E-state index contributed by atoms with van der Waals surface area (Å²) in [5.74, 6) is 0.0201. The molecule has 2 aromatic rings. The predicted octanol–water partition coefficient (Wildman–Crippen LogP) is 3.46. The van der Waals surface area contributed by atoms with Gasteiger partial charge in [0, 0.05) is 24.3 Å². The zero-order valence-electron chi connectivity index (χ0n) is 11.0. The number of hydrogen-bond donors (Lipinski definition) is 2. The van der Waals surface area contributed by atoms with Gasteiger partial charge >= 0.3 is 0 Å². The predicted molar refractivity (Wildman–Crippen MR) is 86.0 cm³/mol. The van der Waals surface area contributed by atoms with Crippen molar-refractivity contribution in [3.8, 4) is 0 Å². The van der Waals surface area contributed by atoms with Crippen molar-refractivity contribution in [2.75, 3.05) is 11.9 Å². The van der Waals surface area contributed by atoms with Crippen molar-refractivity contribution in [3.63, 3.8) is 0 Å². The lowest BCUT2D eigenvalue weighted by atomic mass is 9.97. The van der Waals surface area contributed by atoms with Gasteiger partial charge < -0.3 is 10.6 Å². The normalized spacial score (nSPS) is 12.8. The number of benzene rings is 1. The number of carbonyl (C=O) groups excluding carboxylic acids is 1. The van der Waals surface area contributed by atoms with Crippen molar-refractivity contribution in [1.29, 1.82) is 0 Å². The van der Waals surface area contributed by atoms with Gasteiger partial charge in [-0.15, -0.1) is 12.4 Å². The molecule has 1 aliphatic heterocycles. The fourth-order valence-electron chi connectivity index (χ4n) is 2.39. The molecule has 0 radical (unpaired) electrons. The lowest BCUT2D eigenvalue weighted by molar-refractivity contribution is 0.0950. The van der Waals surface area contributed by atoms with Crippen molar-refractivity contribution in [2.24, 2.45) is 0 Å². The Morgan fingerprint density at radius 1 is 1.35 bits per heavy atom. The molecule has 2 N–H and O–H groups in total. The van der Waals surface area contributed by atoms with Crippen LogP contribution in [0.2, 0.25) is 0 Å². The monoisotopic (exact) mass is 308 g/mol. The maximum atomic E-state index is 12.3. The summed E-state index contributed by atoms with van der Waals surface area (Å²) in [5.41, 5.74) is 4.22. The third-order valence-electron chi connectivity index (χ3n) is 3.37. The van der Waals surface area contributed by atoms with Gasteiger partial charge in [0.1, 0.15) is 0 Å². The lowest BCUT2D eigenvalue weighted by Crippen LogP contribution is -2.25. The molecule has 5 heteroatoms. The summed E-state index contributed by atoms with van der Waals surface area (Å²) in [6.45, 7) is 1.59. The largest absolute Gasteiger partial charge is 0.385 e. The highest BCUT2D eigenvalue weighted by atomic mass is 35.5. The second-order valence-corrected chi connectivity index (χ2v) is 5.46. The van der Waals surface area contributed by atoms with E-state index in [1.165, 1.54) is 0 Å². The number of carbonyl (C=O) groups is 1. The smallest absolute Gasteiger partial charge is 0.251 e. The third kappa shape index (κ3) is 3.14. The number of hydrogen-bond acceptors (Lipinski definition) is 3. The summed E-state index contributed by atoms with van der Waals surface area (Å²) in [4.78, 5) is 12.3. The van der Waals surface area contributed by atoms with Gasteiger partial charge in [0.25, 0.3) is 5.91 Å². The molecule has 3 nitrogen and oxygen atoms in total. The second kappa shape index (κ2) is 6.77. The molecule has 0 fully saturated rings. The highest BCUT2D eigenvalue weighted by Gasteiger charge is 2.16. The Bertz CT molecular complexity index is 584. The van der Waals surface area contributed by atoms with Gasteiger partial charge in [0.05, 0.1) is 0 Å². The van der Waals surface area contributed by atoms with Crippen LogP contribution >= 0.6 is 23.7 Å². The summed E-state index contributed by atoms with van der Waals surface area (Å²) >= 11 is 1.65. The first-order valence-corrected chi connectivity index (χ1v) is 7.44. The van der Waals surface area contributed by atoms with Gasteiger partial charge in [-0.2, -0.15) is 11.3 Å². The Labute approximate surface area is 128 Å².